The fourth-order valence-electron chi connectivity index (χ4n) is 0.802. The number of hydrogen-bond acceptors (Lipinski definition) is 4. The second kappa shape index (κ2) is 4.64. The Morgan fingerprint density at radius 2 is 1.53 bits per heavy atom. The highest BCUT2D eigenvalue weighted by molar-refractivity contribution is 5.84. The van der Waals surface area contributed by atoms with Gasteiger partial charge >= 0.3 is 11.9 Å². The first-order valence-electron chi connectivity index (χ1n) is 4.99. The summed E-state index contributed by atoms with van der Waals surface area (Å²) < 4.78 is 9.68. The van der Waals surface area contributed by atoms with Crippen LogP contribution in [0.1, 0.15) is 41.0 Å². The highest BCUT2D eigenvalue weighted by Crippen LogP contribution is 2.25. The average Bonchev–Trinajstić information content (AvgIpc) is 2.15. The second-order valence-electron chi connectivity index (χ2n) is 4.63. The van der Waals surface area contributed by atoms with E-state index in [0.717, 1.165) is 0 Å². The summed E-state index contributed by atoms with van der Waals surface area (Å²) in [6, 6.07) is 0. The van der Waals surface area contributed by atoms with Gasteiger partial charge in [0, 0.05) is 0 Å². The summed E-state index contributed by atoms with van der Waals surface area (Å²) in [5, 5.41) is 0. The lowest BCUT2D eigenvalue weighted by molar-refractivity contribution is -0.182. The summed E-state index contributed by atoms with van der Waals surface area (Å²) in [5.74, 6) is -0.942. The first-order chi connectivity index (χ1) is 6.67. The molecule has 0 aromatic carbocycles. The number of hydrogen-bond donors (Lipinski definition) is 0. The molecule has 88 valence electrons. The molecule has 0 bridgehead atoms. The van der Waals surface area contributed by atoms with E-state index < -0.39 is 17.0 Å². The van der Waals surface area contributed by atoms with Gasteiger partial charge in [-0.15, -0.1) is 0 Å². The molecule has 0 heterocycles. The van der Waals surface area contributed by atoms with Crippen LogP contribution in [-0.2, 0) is 19.1 Å². The van der Waals surface area contributed by atoms with Crippen LogP contribution < -0.4 is 0 Å². The molecule has 0 rings (SSSR count). The van der Waals surface area contributed by atoms with Crippen molar-refractivity contribution in [2.24, 2.45) is 5.41 Å². The van der Waals surface area contributed by atoms with Gasteiger partial charge in [-0.25, -0.2) is 4.79 Å². The Morgan fingerprint density at radius 3 is 1.87 bits per heavy atom. The van der Waals surface area contributed by atoms with Crippen molar-refractivity contribution in [3.63, 3.8) is 0 Å². The van der Waals surface area contributed by atoms with Gasteiger partial charge in [-0.05, 0) is 34.1 Å². The van der Waals surface area contributed by atoms with Crippen LogP contribution in [0.2, 0.25) is 0 Å². The number of esters is 2. The Bertz CT molecular complexity index is 253. The molecule has 0 N–H and O–H groups in total. The molecule has 0 saturated carbocycles. The molecule has 0 aliphatic rings. The van der Waals surface area contributed by atoms with Gasteiger partial charge in [0.2, 0.25) is 5.60 Å². The molecule has 0 unspecified atom stereocenters. The smallest absolute Gasteiger partial charge is 0.349 e. The lowest BCUT2D eigenvalue weighted by Gasteiger charge is -2.28. The van der Waals surface area contributed by atoms with Crippen molar-refractivity contribution >= 4 is 11.9 Å². The summed E-state index contributed by atoms with van der Waals surface area (Å²) in [4.78, 5) is 23.0. The van der Waals surface area contributed by atoms with E-state index in [-0.39, 0.29) is 5.97 Å². The quantitative estimate of drug-likeness (QED) is 0.674. The Labute approximate surface area is 90.9 Å². The fourth-order valence-corrected chi connectivity index (χ4v) is 0.802. The van der Waals surface area contributed by atoms with E-state index in [1.807, 2.05) is 6.92 Å². The van der Waals surface area contributed by atoms with Crippen LogP contribution >= 0.6 is 0 Å². The molecule has 0 aromatic rings. The molecular formula is C11H20O4. The van der Waals surface area contributed by atoms with Crippen molar-refractivity contribution < 1.29 is 19.1 Å². The van der Waals surface area contributed by atoms with Gasteiger partial charge in [0.05, 0.1) is 12.5 Å². The Balaban J connectivity index is 4.61. The Hall–Kier alpha value is -1.06. The maximum absolute atomic E-state index is 11.7. The normalized spacial score (nSPS) is 12.1. The van der Waals surface area contributed by atoms with Crippen LogP contribution in [-0.4, -0.2) is 24.6 Å². The lowest BCUT2D eigenvalue weighted by atomic mass is 9.90. The van der Waals surface area contributed by atoms with Gasteiger partial charge in [-0.1, -0.05) is 6.92 Å². The summed E-state index contributed by atoms with van der Waals surface area (Å²) in [5.41, 5.74) is -1.80. The van der Waals surface area contributed by atoms with Crippen molar-refractivity contribution in [3.8, 4) is 0 Å². The van der Waals surface area contributed by atoms with Crippen LogP contribution in [0, 0.1) is 5.41 Å². The lowest BCUT2D eigenvalue weighted by Crippen LogP contribution is -2.41. The maximum atomic E-state index is 11.7. The molecule has 0 radical (unpaired) electrons. The largest absolute Gasteiger partial charge is 0.466 e. The van der Waals surface area contributed by atoms with Crippen molar-refractivity contribution in [3.05, 3.63) is 0 Å². The first kappa shape index (κ1) is 13.9. The standard InChI is InChI=1S/C11H20O4/c1-7-10(2,3)8(12)15-11(4,5)9(13)14-6/h7H2,1-6H3. The van der Waals surface area contributed by atoms with Crippen LogP contribution in [0.4, 0.5) is 0 Å². The molecular weight excluding hydrogens is 196 g/mol. The molecule has 4 heteroatoms. The van der Waals surface area contributed by atoms with Crippen LogP contribution in [0.3, 0.4) is 0 Å². The third kappa shape index (κ3) is 3.53. The zero-order chi connectivity index (χ0) is 12.3. The molecule has 0 amide bonds. The summed E-state index contributed by atoms with van der Waals surface area (Å²) in [6.07, 6.45) is 0.656. The van der Waals surface area contributed by atoms with E-state index in [4.69, 9.17) is 4.74 Å². The highest BCUT2D eigenvalue weighted by atomic mass is 16.6. The van der Waals surface area contributed by atoms with Crippen molar-refractivity contribution in [1.29, 1.82) is 0 Å². The molecule has 0 aliphatic carbocycles. The van der Waals surface area contributed by atoms with Crippen LogP contribution in [0.15, 0.2) is 0 Å². The molecule has 4 nitrogen and oxygen atoms in total. The number of rotatable bonds is 4. The van der Waals surface area contributed by atoms with E-state index in [0.29, 0.717) is 6.42 Å². The third-order valence-corrected chi connectivity index (χ3v) is 2.46. The predicted molar refractivity (Wildman–Crippen MR) is 56.3 cm³/mol. The van der Waals surface area contributed by atoms with Gasteiger partial charge in [-0.2, -0.15) is 0 Å². The van der Waals surface area contributed by atoms with E-state index in [1.165, 1.54) is 21.0 Å². The van der Waals surface area contributed by atoms with Gasteiger partial charge in [0.25, 0.3) is 0 Å². The summed E-state index contributed by atoms with van der Waals surface area (Å²) in [6.45, 7) is 8.49. The minimum Gasteiger partial charge on any atom is -0.466 e. The Kier molecular flexibility index (Phi) is 4.31. The number of ether oxygens (including phenoxy) is 2. The summed E-state index contributed by atoms with van der Waals surface area (Å²) in [7, 11) is 1.27. The molecule has 0 spiro atoms. The zero-order valence-corrected chi connectivity index (χ0v) is 10.3. The van der Waals surface area contributed by atoms with Crippen LogP contribution in [0.5, 0.6) is 0 Å². The third-order valence-electron chi connectivity index (χ3n) is 2.46. The van der Waals surface area contributed by atoms with Gasteiger partial charge in [-0.3, -0.25) is 4.79 Å². The van der Waals surface area contributed by atoms with E-state index in [1.54, 1.807) is 13.8 Å². The number of methoxy groups -OCH3 is 1. The summed E-state index contributed by atoms with van der Waals surface area (Å²) >= 11 is 0. The number of carbonyl (C=O) groups excluding carboxylic acids is 2. The van der Waals surface area contributed by atoms with Gasteiger partial charge < -0.3 is 9.47 Å². The molecule has 0 saturated heterocycles. The first-order valence-corrected chi connectivity index (χ1v) is 4.99. The van der Waals surface area contributed by atoms with Crippen molar-refractivity contribution in [2.75, 3.05) is 7.11 Å². The Morgan fingerprint density at radius 1 is 1.07 bits per heavy atom. The van der Waals surface area contributed by atoms with Crippen molar-refractivity contribution in [2.45, 2.75) is 46.6 Å². The van der Waals surface area contributed by atoms with Crippen molar-refractivity contribution in [1.82, 2.24) is 0 Å². The van der Waals surface area contributed by atoms with Gasteiger partial charge in [0.15, 0.2) is 0 Å². The SMILES string of the molecule is CCC(C)(C)C(=O)OC(C)(C)C(=O)OC. The monoisotopic (exact) mass is 216 g/mol. The predicted octanol–water partition coefficient (Wildman–Crippen LogP) is 1.92. The highest BCUT2D eigenvalue weighted by Gasteiger charge is 2.38. The van der Waals surface area contributed by atoms with E-state index in [9.17, 15) is 9.59 Å². The molecule has 0 aromatic heterocycles. The fraction of sp³-hybridized carbons (Fsp3) is 0.818. The van der Waals surface area contributed by atoms with Crippen LogP contribution in [0.25, 0.3) is 0 Å². The second-order valence-corrected chi connectivity index (χ2v) is 4.63. The maximum Gasteiger partial charge on any atom is 0.349 e. The zero-order valence-electron chi connectivity index (χ0n) is 10.3. The molecule has 0 aliphatic heterocycles. The topological polar surface area (TPSA) is 52.6 Å². The molecule has 15 heavy (non-hydrogen) atoms. The average molecular weight is 216 g/mol. The minimum atomic E-state index is -1.22. The number of carbonyl (C=O) groups is 2. The van der Waals surface area contributed by atoms with E-state index in [2.05, 4.69) is 4.74 Å². The molecule has 0 atom stereocenters. The van der Waals surface area contributed by atoms with E-state index >= 15 is 0 Å². The minimum absolute atomic E-state index is 0.389. The molecule has 0 fully saturated rings. The van der Waals surface area contributed by atoms with Gasteiger partial charge in [0.1, 0.15) is 0 Å².